The van der Waals surface area contributed by atoms with Crippen LogP contribution in [0.2, 0.25) is 0 Å². The van der Waals surface area contributed by atoms with Gasteiger partial charge in [-0.15, -0.1) is 0 Å². The zero-order valence-electron chi connectivity index (χ0n) is 17.1. The van der Waals surface area contributed by atoms with Crippen molar-refractivity contribution in [2.75, 3.05) is 0 Å². The molecule has 0 saturated carbocycles. The molecule has 0 aliphatic carbocycles. The topological polar surface area (TPSA) is 18.5 Å². The van der Waals surface area contributed by atoms with Crippen molar-refractivity contribution in [3.63, 3.8) is 0 Å². The van der Waals surface area contributed by atoms with Crippen LogP contribution in [0, 0.1) is 18.6 Å². The number of rotatable bonds is 4. The highest BCUT2D eigenvalue weighted by Gasteiger charge is 2.44. The van der Waals surface area contributed by atoms with E-state index in [4.69, 9.17) is 4.74 Å². The van der Waals surface area contributed by atoms with E-state index in [0.29, 0.717) is 5.56 Å². The molecule has 3 aromatic rings. The molecule has 3 aromatic carbocycles. The van der Waals surface area contributed by atoms with Gasteiger partial charge in [-0.2, -0.15) is 22.0 Å². The summed E-state index contributed by atoms with van der Waals surface area (Å²) < 4.78 is 107. The Morgan fingerprint density at radius 2 is 1.48 bits per heavy atom. The molecule has 0 N–H and O–H groups in total. The quantitative estimate of drug-likeness (QED) is 0.372. The second-order valence-electron chi connectivity index (χ2n) is 7.76. The molecular weight excluding hydrogens is 453 g/mol. The van der Waals surface area contributed by atoms with Crippen LogP contribution in [-0.2, 0) is 12.5 Å². The highest BCUT2D eigenvalue weighted by molar-refractivity contribution is 5.64. The van der Waals surface area contributed by atoms with E-state index in [1.807, 2.05) is 6.92 Å². The van der Waals surface area contributed by atoms with Gasteiger partial charge in [-0.1, -0.05) is 29.8 Å². The van der Waals surface area contributed by atoms with Gasteiger partial charge in [-0.05, 0) is 66.8 Å². The minimum Gasteiger partial charge on any atom is -0.481 e. The fourth-order valence-corrected chi connectivity index (χ4v) is 3.62. The largest absolute Gasteiger partial charge is 0.481 e. The monoisotopic (exact) mass is 470 g/mol. The predicted octanol–water partition coefficient (Wildman–Crippen LogP) is 7.32. The van der Waals surface area contributed by atoms with E-state index in [1.54, 1.807) is 24.3 Å². The summed E-state index contributed by atoms with van der Waals surface area (Å²) in [4.78, 5) is 0. The van der Waals surface area contributed by atoms with Gasteiger partial charge in [0.25, 0.3) is 0 Å². The van der Waals surface area contributed by atoms with E-state index in [2.05, 4.69) is 4.74 Å². The minimum atomic E-state index is -4.56. The molecule has 1 aliphatic rings. The number of halogens is 7. The van der Waals surface area contributed by atoms with E-state index >= 15 is 0 Å². The Morgan fingerprint density at radius 3 is 2.09 bits per heavy atom. The minimum absolute atomic E-state index is 0.0784. The van der Waals surface area contributed by atoms with Crippen molar-refractivity contribution in [1.82, 2.24) is 0 Å². The van der Waals surface area contributed by atoms with Gasteiger partial charge in [0.15, 0.2) is 6.10 Å². The SMILES string of the molecule is Cc1ccc(-c2cc(F)c(C(F)(F)Oc3ccc4c(c3)CCC(C(F)(F)F)O4)c(F)c2)cc1. The Balaban J connectivity index is 1.59. The Labute approximate surface area is 184 Å². The Hall–Kier alpha value is -3.23. The van der Waals surface area contributed by atoms with Crippen LogP contribution in [0.15, 0.2) is 54.6 Å². The van der Waals surface area contributed by atoms with Gasteiger partial charge in [0.05, 0.1) is 0 Å². The first-order valence-corrected chi connectivity index (χ1v) is 9.94. The molecule has 33 heavy (non-hydrogen) atoms. The van der Waals surface area contributed by atoms with Gasteiger partial charge in [-0.25, -0.2) is 8.78 Å². The Morgan fingerprint density at radius 1 is 0.848 bits per heavy atom. The van der Waals surface area contributed by atoms with E-state index in [1.165, 1.54) is 0 Å². The third kappa shape index (κ3) is 4.77. The van der Waals surface area contributed by atoms with Crippen molar-refractivity contribution in [2.24, 2.45) is 0 Å². The number of fused-ring (bicyclic) bond motifs is 1. The van der Waals surface area contributed by atoms with Crippen molar-refractivity contribution in [3.05, 3.63) is 82.9 Å². The lowest BCUT2D eigenvalue weighted by Gasteiger charge is -2.28. The maximum atomic E-state index is 14.7. The Bertz CT molecular complexity index is 1150. The molecule has 0 aromatic heterocycles. The van der Waals surface area contributed by atoms with Crippen LogP contribution in [0.3, 0.4) is 0 Å². The van der Waals surface area contributed by atoms with Crippen LogP contribution in [0.5, 0.6) is 11.5 Å². The molecule has 0 saturated heterocycles. The highest BCUT2D eigenvalue weighted by Crippen LogP contribution is 2.40. The Kier molecular flexibility index (Phi) is 5.76. The number of hydrogen-bond donors (Lipinski definition) is 0. The molecule has 9 heteroatoms. The molecule has 1 heterocycles. The van der Waals surface area contributed by atoms with Crippen molar-refractivity contribution in [3.8, 4) is 22.6 Å². The second-order valence-corrected chi connectivity index (χ2v) is 7.76. The first-order valence-electron chi connectivity index (χ1n) is 9.94. The van der Waals surface area contributed by atoms with Crippen LogP contribution < -0.4 is 9.47 Å². The van der Waals surface area contributed by atoms with Crippen LogP contribution in [-0.4, -0.2) is 12.3 Å². The van der Waals surface area contributed by atoms with Crippen LogP contribution in [0.25, 0.3) is 11.1 Å². The van der Waals surface area contributed by atoms with Crippen LogP contribution >= 0.6 is 0 Å². The number of ether oxygens (including phenoxy) is 2. The molecule has 1 aliphatic heterocycles. The van der Waals surface area contributed by atoms with Crippen molar-refractivity contribution >= 4 is 0 Å². The molecule has 0 fully saturated rings. The lowest BCUT2D eigenvalue weighted by molar-refractivity contribution is -0.199. The van der Waals surface area contributed by atoms with Crippen LogP contribution in [0.4, 0.5) is 30.7 Å². The normalized spacial score (nSPS) is 16.2. The summed E-state index contributed by atoms with van der Waals surface area (Å²) in [5.41, 5.74) is 0.0975. The first-order chi connectivity index (χ1) is 15.4. The van der Waals surface area contributed by atoms with Crippen molar-refractivity contribution in [1.29, 1.82) is 0 Å². The summed E-state index contributed by atoms with van der Waals surface area (Å²) >= 11 is 0. The highest BCUT2D eigenvalue weighted by atomic mass is 19.4. The summed E-state index contributed by atoms with van der Waals surface area (Å²) in [6, 6.07) is 11.3. The zero-order chi connectivity index (χ0) is 24.0. The van der Waals surface area contributed by atoms with Crippen molar-refractivity contribution in [2.45, 2.75) is 38.2 Å². The maximum Gasteiger partial charge on any atom is 0.432 e. The van der Waals surface area contributed by atoms with E-state index in [9.17, 15) is 30.7 Å². The molecule has 0 amide bonds. The fraction of sp³-hybridized carbons (Fsp3) is 0.250. The zero-order valence-corrected chi connectivity index (χ0v) is 17.1. The lowest BCUT2D eigenvalue weighted by atomic mass is 10.0. The molecule has 0 bridgehead atoms. The van der Waals surface area contributed by atoms with E-state index < -0.39 is 41.3 Å². The molecular formula is C24H17F7O2. The van der Waals surface area contributed by atoms with Gasteiger partial charge in [0, 0.05) is 0 Å². The summed E-state index contributed by atoms with van der Waals surface area (Å²) in [5.74, 6) is -3.57. The van der Waals surface area contributed by atoms with Gasteiger partial charge in [0.2, 0.25) is 0 Å². The predicted molar refractivity (Wildman–Crippen MR) is 106 cm³/mol. The number of benzene rings is 3. The van der Waals surface area contributed by atoms with Gasteiger partial charge >= 0.3 is 12.3 Å². The standard InChI is InChI=1S/C24H17F7O2/c1-13-2-4-14(5-3-13)16-11-18(25)22(19(26)12-16)24(30,31)33-17-7-8-20-15(10-17)6-9-21(32-20)23(27,28)29/h2-5,7-8,10-12,21H,6,9H2,1H3. The fourth-order valence-electron chi connectivity index (χ4n) is 3.62. The smallest absolute Gasteiger partial charge is 0.432 e. The summed E-state index contributed by atoms with van der Waals surface area (Å²) in [7, 11) is 0. The first kappa shape index (κ1) is 22.9. The number of hydrogen-bond acceptors (Lipinski definition) is 2. The average Bonchev–Trinajstić information content (AvgIpc) is 2.72. The lowest BCUT2D eigenvalue weighted by Crippen LogP contribution is -2.37. The molecule has 0 radical (unpaired) electrons. The third-order valence-corrected chi connectivity index (χ3v) is 5.31. The van der Waals surface area contributed by atoms with E-state index in [0.717, 1.165) is 35.9 Å². The molecule has 2 nitrogen and oxygen atoms in total. The molecule has 4 rings (SSSR count). The van der Waals surface area contributed by atoms with E-state index in [-0.39, 0.29) is 29.7 Å². The number of alkyl halides is 5. The van der Waals surface area contributed by atoms with Crippen LogP contribution in [0.1, 0.15) is 23.1 Å². The van der Waals surface area contributed by atoms with Gasteiger partial charge < -0.3 is 9.47 Å². The maximum absolute atomic E-state index is 14.7. The molecule has 1 atom stereocenters. The number of aryl methyl sites for hydroxylation is 2. The molecule has 1 unspecified atom stereocenters. The van der Waals surface area contributed by atoms with Gasteiger partial charge in [0.1, 0.15) is 28.7 Å². The average molecular weight is 470 g/mol. The molecule has 174 valence electrons. The molecule has 0 spiro atoms. The summed E-state index contributed by atoms with van der Waals surface area (Å²) in [5, 5.41) is 0. The van der Waals surface area contributed by atoms with Crippen molar-refractivity contribution < 1.29 is 40.2 Å². The summed E-state index contributed by atoms with van der Waals surface area (Å²) in [6.07, 6.45) is -11.4. The second kappa shape index (κ2) is 8.28. The third-order valence-electron chi connectivity index (χ3n) is 5.31. The van der Waals surface area contributed by atoms with Gasteiger partial charge in [-0.3, -0.25) is 0 Å². The summed E-state index contributed by atoms with van der Waals surface area (Å²) in [6.45, 7) is 1.83.